The van der Waals surface area contributed by atoms with Crippen LogP contribution in [0.2, 0.25) is 5.02 Å². The second-order valence-corrected chi connectivity index (χ2v) is 6.14. The highest BCUT2D eigenvalue weighted by Gasteiger charge is 2.20. The van der Waals surface area contributed by atoms with E-state index in [-0.39, 0.29) is 0 Å². The largest absolute Gasteiger partial charge is 0.368 e. The molecule has 20 heavy (non-hydrogen) atoms. The quantitative estimate of drug-likeness (QED) is 0.924. The molecular formula is C16H22ClN3. The van der Waals surface area contributed by atoms with E-state index in [1.807, 2.05) is 12.1 Å². The average Bonchev–Trinajstić information content (AvgIpc) is 2.46. The van der Waals surface area contributed by atoms with Crippen LogP contribution in [0.1, 0.15) is 32.3 Å². The summed E-state index contributed by atoms with van der Waals surface area (Å²) in [5, 5.41) is 13.1. The van der Waals surface area contributed by atoms with Crippen LogP contribution >= 0.6 is 11.6 Å². The molecule has 0 radical (unpaired) electrons. The van der Waals surface area contributed by atoms with Crippen LogP contribution in [-0.4, -0.2) is 25.7 Å². The molecule has 0 amide bonds. The number of nitrogens with one attached hydrogen (secondary N) is 1. The van der Waals surface area contributed by atoms with Gasteiger partial charge in [-0.15, -0.1) is 0 Å². The molecule has 1 aromatic carbocycles. The van der Waals surface area contributed by atoms with Crippen LogP contribution in [0, 0.1) is 17.2 Å². The second-order valence-electron chi connectivity index (χ2n) is 5.74. The smallest absolute Gasteiger partial charge is 0.0992 e. The highest BCUT2D eigenvalue weighted by Crippen LogP contribution is 2.29. The molecule has 0 spiro atoms. The van der Waals surface area contributed by atoms with Gasteiger partial charge in [-0.2, -0.15) is 5.26 Å². The minimum atomic E-state index is 0.391. The summed E-state index contributed by atoms with van der Waals surface area (Å²) in [7, 11) is 0. The number of halogens is 1. The fourth-order valence-corrected chi connectivity index (χ4v) is 3.04. The van der Waals surface area contributed by atoms with Gasteiger partial charge in [0.2, 0.25) is 0 Å². The topological polar surface area (TPSA) is 39.1 Å². The van der Waals surface area contributed by atoms with E-state index < -0.39 is 0 Å². The molecule has 3 nitrogen and oxygen atoms in total. The maximum absolute atomic E-state index is 8.93. The molecule has 0 aromatic heterocycles. The number of piperidine rings is 1. The van der Waals surface area contributed by atoms with E-state index in [0.717, 1.165) is 25.3 Å². The van der Waals surface area contributed by atoms with Crippen LogP contribution in [0.4, 0.5) is 5.69 Å². The van der Waals surface area contributed by atoms with Gasteiger partial charge >= 0.3 is 0 Å². The first-order chi connectivity index (χ1) is 9.61. The van der Waals surface area contributed by atoms with Crippen LogP contribution < -0.4 is 10.2 Å². The van der Waals surface area contributed by atoms with Crippen molar-refractivity contribution in [3.8, 4) is 6.07 Å². The summed E-state index contributed by atoms with van der Waals surface area (Å²) in [6, 6.07) is 8.09. The van der Waals surface area contributed by atoms with Crippen molar-refractivity contribution in [3.05, 3.63) is 28.8 Å². The van der Waals surface area contributed by atoms with Crippen LogP contribution in [-0.2, 0) is 0 Å². The Morgan fingerprint density at radius 3 is 2.85 bits per heavy atom. The van der Waals surface area contributed by atoms with Crippen LogP contribution in [0.25, 0.3) is 0 Å². The molecule has 4 heteroatoms. The number of nitriles is 1. The maximum atomic E-state index is 8.93. The van der Waals surface area contributed by atoms with Crippen molar-refractivity contribution in [1.82, 2.24) is 5.32 Å². The van der Waals surface area contributed by atoms with Crippen LogP contribution in [0.5, 0.6) is 0 Å². The molecule has 1 aromatic rings. The van der Waals surface area contributed by atoms with Crippen molar-refractivity contribution >= 4 is 17.3 Å². The maximum Gasteiger partial charge on any atom is 0.0992 e. The highest BCUT2D eigenvalue weighted by molar-refractivity contribution is 6.33. The molecule has 108 valence electrons. The number of anilines is 1. The molecule has 1 aliphatic rings. The summed E-state index contributed by atoms with van der Waals surface area (Å²) >= 11 is 6.36. The van der Waals surface area contributed by atoms with E-state index in [0.29, 0.717) is 22.5 Å². The molecule has 1 aliphatic heterocycles. The van der Waals surface area contributed by atoms with Gasteiger partial charge in [-0.05, 0) is 63.9 Å². The monoisotopic (exact) mass is 291 g/mol. The van der Waals surface area contributed by atoms with Gasteiger partial charge in [0, 0.05) is 12.6 Å². The van der Waals surface area contributed by atoms with Gasteiger partial charge in [-0.3, -0.25) is 0 Å². The molecule has 1 heterocycles. The number of hydrogen-bond donors (Lipinski definition) is 1. The van der Waals surface area contributed by atoms with Crippen molar-refractivity contribution in [3.63, 3.8) is 0 Å². The molecule has 1 saturated heterocycles. The molecule has 1 unspecified atom stereocenters. The zero-order chi connectivity index (χ0) is 14.5. The summed E-state index contributed by atoms with van der Waals surface area (Å²) < 4.78 is 0. The molecular weight excluding hydrogens is 270 g/mol. The Kier molecular flexibility index (Phi) is 5.28. The van der Waals surface area contributed by atoms with Gasteiger partial charge < -0.3 is 10.2 Å². The third-order valence-corrected chi connectivity index (χ3v) is 4.17. The predicted molar refractivity (Wildman–Crippen MR) is 84.2 cm³/mol. The summed E-state index contributed by atoms with van der Waals surface area (Å²) in [4.78, 5) is 2.35. The number of nitrogens with zero attached hydrogens (tertiary/aromatic N) is 2. The zero-order valence-corrected chi connectivity index (χ0v) is 13.0. The minimum Gasteiger partial charge on any atom is -0.368 e. The Hall–Kier alpha value is -1.24. The van der Waals surface area contributed by atoms with E-state index in [9.17, 15) is 0 Å². The fraction of sp³-hybridized carbons (Fsp3) is 0.562. The predicted octanol–water partition coefficient (Wildman–Crippen LogP) is 3.43. The highest BCUT2D eigenvalue weighted by atomic mass is 35.5. The molecule has 0 aliphatic carbocycles. The Morgan fingerprint density at radius 1 is 1.50 bits per heavy atom. The number of benzene rings is 1. The Bertz CT molecular complexity index is 487. The first-order valence-corrected chi connectivity index (χ1v) is 7.66. The van der Waals surface area contributed by atoms with Crippen molar-refractivity contribution < 1.29 is 0 Å². The third-order valence-electron chi connectivity index (χ3n) is 3.86. The first-order valence-electron chi connectivity index (χ1n) is 7.29. The van der Waals surface area contributed by atoms with Crippen LogP contribution in [0.3, 0.4) is 0 Å². The van der Waals surface area contributed by atoms with Gasteiger partial charge in [0.1, 0.15) is 0 Å². The number of hydrogen-bond acceptors (Lipinski definition) is 3. The molecule has 1 fully saturated rings. The normalized spacial score (nSPS) is 18.9. The van der Waals surface area contributed by atoms with Crippen molar-refractivity contribution in [2.75, 3.05) is 24.5 Å². The van der Waals surface area contributed by atoms with Crippen molar-refractivity contribution in [1.29, 1.82) is 5.26 Å². The third kappa shape index (κ3) is 3.65. The lowest BCUT2D eigenvalue weighted by Gasteiger charge is -2.35. The van der Waals surface area contributed by atoms with E-state index >= 15 is 0 Å². The lowest BCUT2D eigenvalue weighted by atomic mass is 9.98. The molecule has 1 N–H and O–H groups in total. The summed E-state index contributed by atoms with van der Waals surface area (Å²) in [5.74, 6) is 0.665. The standard InChI is InChI=1S/C16H22ClN3/c1-12(2)20(11-14-4-3-7-19-10-14)16-6-5-13(9-18)8-15(16)17/h5-6,8,12,14,19H,3-4,7,10-11H2,1-2H3. The van der Waals surface area contributed by atoms with Gasteiger partial charge in [0.15, 0.2) is 0 Å². The average molecular weight is 292 g/mol. The lowest BCUT2D eigenvalue weighted by molar-refractivity contribution is 0.371. The Balaban J connectivity index is 2.17. The minimum absolute atomic E-state index is 0.391. The summed E-state index contributed by atoms with van der Waals surface area (Å²) in [5.41, 5.74) is 1.65. The lowest BCUT2D eigenvalue weighted by Crippen LogP contribution is -2.41. The zero-order valence-electron chi connectivity index (χ0n) is 12.2. The summed E-state index contributed by atoms with van der Waals surface area (Å²) in [6.45, 7) is 7.60. The van der Waals surface area contributed by atoms with Gasteiger partial charge in [0.25, 0.3) is 0 Å². The van der Waals surface area contributed by atoms with Crippen LogP contribution in [0.15, 0.2) is 18.2 Å². The fourth-order valence-electron chi connectivity index (χ4n) is 2.75. The van der Waals surface area contributed by atoms with Gasteiger partial charge in [-0.1, -0.05) is 11.6 Å². The molecule has 0 saturated carbocycles. The molecule has 1 atom stereocenters. The van der Waals surface area contributed by atoms with E-state index in [2.05, 4.69) is 30.1 Å². The second kappa shape index (κ2) is 6.97. The van der Waals surface area contributed by atoms with Gasteiger partial charge in [-0.25, -0.2) is 0 Å². The first kappa shape index (κ1) is 15.2. The molecule has 0 bridgehead atoms. The SMILES string of the molecule is CC(C)N(CC1CCCNC1)c1ccc(C#N)cc1Cl. The van der Waals surface area contributed by atoms with Gasteiger partial charge in [0.05, 0.1) is 22.3 Å². The van der Waals surface area contributed by atoms with E-state index in [1.165, 1.54) is 12.8 Å². The Labute approximate surface area is 126 Å². The van der Waals surface area contributed by atoms with Crippen molar-refractivity contribution in [2.24, 2.45) is 5.92 Å². The van der Waals surface area contributed by atoms with Crippen molar-refractivity contribution in [2.45, 2.75) is 32.7 Å². The molecule has 2 rings (SSSR count). The number of rotatable bonds is 4. The van der Waals surface area contributed by atoms with E-state index in [4.69, 9.17) is 16.9 Å². The van der Waals surface area contributed by atoms with E-state index in [1.54, 1.807) is 6.07 Å². The Morgan fingerprint density at radius 2 is 2.30 bits per heavy atom. The summed E-state index contributed by atoms with van der Waals surface area (Å²) in [6.07, 6.45) is 2.52.